The van der Waals surface area contributed by atoms with Crippen LogP contribution in [0.2, 0.25) is 0 Å². The van der Waals surface area contributed by atoms with Gasteiger partial charge in [0.15, 0.2) is 5.60 Å². The van der Waals surface area contributed by atoms with Gasteiger partial charge in [0.05, 0.1) is 17.4 Å². The summed E-state index contributed by atoms with van der Waals surface area (Å²) in [5, 5.41) is 11.3. The predicted molar refractivity (Wildman–Crippen MR) is 138 cm³/mol. The number of aliphatic carboxylic acids is 1. The summed E-state index contributed by atoms with van der Waals surface area (Å²) in [4.78, 5) is 23.9. The number of allylic oxidation sites excluding steroid dienone is 2. The SMILES string of the molecule is CC1=C(c2ccccc2)C=CC(OC(CC(C)(C)C)c2ccc(C(=O)NCCC(=O)O)s2)(C(F)(F)F)C1. The Hall–Kier alpha value is -2.91. The maximum absolute atomic E-state index is 14.6. The van der Waals surface area contributed by atoms with E-state index in [0.29, 0.717) is 16.9 Å². The number of benzene rings is 1. The van der Waals surface area contributed by atoms with E-state index in [1.165, 1.54) is 12.1 Å². The summed E-state index contributed by atoms with van der Waals surface area (Å²) in [6, 6.07) is 12.4. The van der Waals surface area contributed by atoms with Crippen molar-refractivity contribution in [1.82, 2.24) is 5.32 Å². The number of thiophene rings is 1. The third kappa shape index (κ3) is 7.32. The lowest BCUT2D eigenvalue weighted by Gasteiger charge is -2.40. The number of hydrogen-bond acceptors (Lipinski definition) is 4. The highest BCUT2D eigenvalue weighted by atomic mass is 32.1. The molecule has 2 atom stereocenters. The van der Waals surface area contributed by atoms with Gasteiger partial charge < -0.3 is 15.2 Å². The molecule has 5 nitrogen and oxygen atoms in total. The number of amides is 1. The van der Waals surface area contributed by atoms with E-state index in [4.69, 9.17) is 9.84 Å². The molecule has 1 aromatic carbocycles. The second-order valence-electron chi connectivity index (χ2n) is 10.4. The average Bonchev–Trinajstić information content (AvgIpc) is 3.28. The van der Waals surface area contributed by atoms with Crippen molar-refractivity contribution in [3.63, 3.8) is 0 Å². The van der Waals surface area contributed by atoms with E-state index in [2.05, 4.69) is 5.32 Å². The lowest BCUT2D eigenvalue weighted by atomic mass is 9.82. The lowest BCUT2D eigenvalue weighted by Crippen LogP contribution is -2.48. The van der Waals surface area contributed by atoms with Gasteiger partial charge in [0.1, 0.15) is 0 Å². The van der Waals surface area contributed by atoms with Crippen LogP contribution in [0.3, 0.4) is 0 Å². The van der Waals surface area contributed by atoms with Gasteiger partial charge in [0, 0.05) is 17.8 Å². The van der Waals surface area contributed by atoms with Crippen molar-refractivity contribution in [1.29, 1.82) is 0 Å². The van der Waals surface area contributed by atoms with Crippen molar-refractivity contribution in [2.45, 2.75) is 64.8 Å². The zero-order chi connectivity index (χ0) is 27.4. The number of carbonyl (C=O) groups is 2. The van der Waals surface area contributed by atoms with Gasteiger partial charge in [-0.1, -0.05) is 62.8 Å². The standard InChI is InChI=1S/C28H32F3NO4S/c1-18-16-27(28(29,30)31,14-12-20(18)19-8-6-5-7-9-19)36-21(17-26(2,3)4)22-10-11-23(37-22)25(35)32-15-13-24(33)34/h5-12,14,21H,13,15-17H2,1-4H3,(H,32,35)(H,33,34). The number of carboxylic acids is 1. The number of halogens is 3. The number of carbonyl (C=O) groups excluding carboxylic acids is 1. The predicted octanol–water partition coefficient (Wildman–Crippen LogP) is 7.18. The zero-order valence-electron chi connectivity index (χ0n) is 21.3. The summed E-state index contributed by atoms with van der Waals surface area (Å²) in [6.45, 7) is 7.42. The Bertz CT molecular complexity index is 1180. The molecule has 9 heteroatoms. The van der Waals surface area contributed by atoms with E-state index in [-0.39, 0.29) is 29.7 Å². The normalized spacial score (nSPS) is 19.1. The van der Waals surface area contributed by atoms with Crippen LogP contribution in [-0.4, -0.2) is 35.3 Å². The minimum absolute atomic E-state index is 0.0410. The average molecular weight is 536 g/mol. The van der Waals surface area contributed by atoms with E-state index < -0.39 is 29.8 Å². The fourth-order valence-corrected chi connectivity index (χ4v) is 5.19. The Morgan fingerprint density at radius 2 is 1.81 bits per heavy atom. The first-order valence-electron chi connectivity index (χ1n) is 12.0. The number of rotatable bonds is 9. The molecule has 0 saturated carbocycles. The summed E-state index contributed by atoms with van der Waals surface area (Å²) >= 11 is 1.06. The first-order chi connectivity index (χ1) is 17.2. The molecular weight excluding hydrogens is 503 g/mol. The highest BCUT2D eigenvalue weighted by Gasteiger charge is 2.56. The molecule has 2 aromatic rings. The van der Waals surface area contributed by atoms with Crippen LogP contribution in [0.5, 0.6) is 0 Å². The van der Waals surface area contributed by atoms with Gasteiger partial charge in [-0.3, -0.25) is 9.59 Å². The van der Waals surface area contributed by atoms with Gasteiger partial charge in [-0.05, 0) is 48.1 Å². The smallest absolute Gasteiger partial charge is 0.421 e. The molecule has 1 amide bonds. The quantitative estimate of drug-likeness (QED) is 0.357. The van der Waals surface area contributed by atoms with Crippen LogP contribution in [0.1, 0.15) is 73.2 Å². The Balaban J connectivity index is 1.91. The van der Waals surface area contributed by atoms with Crippen LogP contribution in [0, 0.1) is 5.41 Å². The van der Waals surface area contributed by atoms with Crippen LogP contribution in [-0.2, 0) is 9.53 Å². The van der Waals surface area contributed by atoms with Crippen molar-refractivity contribution in [3.8, 4) is 0 Å². The van der Waals surface area contributed by atoms with E-state index in [1.807, 2.05) is 51.1 Å². The molecule has 1 aliphatic carbocycles. The number of carboxylic acid groups (broad SMARTS) is 1. The molecule has 1 aromatic heterocycles. The molecule has 37 heavy (non-hydrogen) atoms. The summed E-state index contributed by atoms with van der Waals surface area (Å²) in [6.07, 6.45) is -3.24. The van der Waals surface area contributed by atoms with Crippen molar-refractivity contribution in [2.75, 3.05) is 6.54 Å². The molecule has 2 unspecified atom stereocenters. The van der Waals surface area contributed by atoms with Crippen LogP contribution in [0.25, 0.3) is 5.57 Å². The molecule has 200 valence electrons. The molecule has 1 aliphatic rings. The Labute approximate surface area is 219 Å². The second-order valence-corrected chi connectivity index (χ2v) is 11.5. The van der Waals surface area contributed by atoms with Gasteiger partial charge in [-0.15, -0.1) is 11.3 Å². The summed E-state index contributed by atoms with van der Waals surface area (Å²) in [5.74, 6) is -1.51. The van der Waals surface area contributed by atoms with Crippen LogP contribution < -0.4 is 5.32 Å². The third-order valence-corrected chi connectivity index (χ3v) is 7.19. The van der Waals surface area contributed by atoms with Crippen molar-refractivity contribution < 1.29 is 32.6 Å². The van der Waals surface area contributed by atoms with Crippen molar-refractivity contribution in [2.24, 2.45) is 5.41 Å². The van der Waals surface area contributed by atoms with Gasteiger partial charge in [-0.2, -0.15) is 13.2 Å². The zero-order valence-corrected chi connectivity index (χ0v) is 22.1. The first kappa shape index (κ1) is 28.7. The summed E-state index contributed by atoms with van der Waals surface area (Å²) in [7, 11) is 0. The molecule has 2 N–H and O–H groups in total. The Morgan fingerprint density at radius 1 is 1.14 bits per heavy atom. The Morgan fingerprint density at radius 3 is 2.38 bits per heavy atom. The van der Waals surface area contributed by atoms with E-state index >= 15 is 0 Å². The minimum atomic E-state index is -4.67. The first-order valence-corrected chi connectivity index (χ1v) is 12.8. The van der Waals surface area contributed by atoms with E-state index in [0.717, 1.165) is 28.5 Å². The monoisotopic (exact) mass is 535 g/mol. The molecule has 0 saturated heterocycles. The molecule has 0 bridgehead atoms. The molecule has 0 radical (unpaired) electrons. The molecule has 0 fully saturated rings. The third-order valence-electron chi connectivity index (χ3n) is 6.01. The number of hydrogen-bond donors (Lipinski definition) is 2. The van der Waals surface area contributed by atoms with Gasteiger partial charge in [-0.25, -0.2) is 0 Å². The maximum atomic E-state index is 14.6. The van der Waals surface area contributed by atoms with Gasteiger partial charge in [0.25, 0.3) is 5.91 Å². The molecule has 1 heterocycles. The van der Waals surface area contributed by atoms with Crippen LogP contribution in [0.15, 0.2) is 60.2 Å². The van der Waals surface area contributed by atoms with Gasteiger partial charge in [0.2, 0.25) is 0 Å². The minimum Gasteiger partial charge on any atom is -0.481 e. The molecular formula is C28H32F3NO4S. The number of ether oxygens (including phenoxy) is 1. The molecule has 0 spiro atoms. The summed E-state index contributed by atoms with van der Waals surface area (Å²) < 4.78 is 49.9. The van der Waals surface area contributed by atoms with E-state index in [1.54, 1.807) is 13.0 Å². The molecule has 3 rings (SSSR count). The Kier molecular flexibility index (Phi) is 8.70. The van der Waals surface area contributed by atoms with Crippen LogP contribution in [0.4, 0.5) is 13.2 Å². The largest absolute Gasteiger partial charge is 0.481 e. The maximum Gasteiger partial charge on any atom is 0.421 e. The fourth-order valence-electron chi connectivity index (χ4n) is 4.24. The highest BCUT2D eigenvalue weighted by molar-refractivity contribution is 7.14. The number of alkyl halides is 3. The summed E-state index contributed by atoms with van der Waals surface area (Å²) in [5.41, 5.74) is -0.712. The van der Waals surface area contributed by atoms with Crippen molar-refractivity contribution in [3.05, 3.63) is 75.5 Å². The lowest BCUT2D eigenvalue weighted by molar-refractivity contribution is -0.274. The van der Waals surface area contributed by atoms with E-state index in [9.17, 15) is 22.8 Å². The van der Waals surface area contributed by atoms with Crippen molar-refractivity contribution >= 4 is 28.8 Å². The molecule has 0 aliphatic heterocycles. The fraction of sp³-hybridized carbons (Fsp3) is 0.429. The number of nitrogens with one attached hydrogen (secondary N) is 1. The van der Waals surface area contributed by atoms with Gasteiger partial charge >= 0.3 is 12.1 Å². The topological polar surface area (TPSA) is 75.6 Å². The second kappa shape index (κ2) is 11.2. The van der Waals surface area contributed by atoms with Crippen LogP contribution >= 0.6 is 11.3 Å². The highest BCUT2D eigenvalue weighted by Crippen LogP contribution is 2.49.